The molecule has 1 aliphatic rings. The summed E-state index contributed by atoms with van der Waals surface area (Å²) < 4.78 is 50.7. The molecule has 0 amide bonds. The van der Waals surface area contributed by atoms with Crippen LogP contribution in [0.1, 0.15) is 31.4 Å². The van der Waals surface area contributed by atoms with E-state index in [2.05, 4.69) is 0 Å². The summed E-state index contributed by atoms with van der Waals surface area (Å²) >= 11 is 0. The van der Waals surface area contributed by atoms with Crippen molar-refractivity contribution in [2.45, 2.75) is 53.6 Å². The third-order valence-electron chi connectivity index (χ3n) is 4.95. The van der Waals surface area contributed by atoms with Crippen molar-refractivity contribution in [3.8, 4) is 0 Å². The van der Waals surface area contributed by atoms with E-state index in [-0.39, 0.29) is 19.6 Å². The molecule has 2 unspecified atom stereocenters. The van der Waals surface area contributed by atoms with Crippen LogP contribution in [0.4, 0.5) is 0 Å². The largest absolute Gasteiger partial charge is 0.350 e. The third-order valence-corrected chi connectivity index (χ3v) is 12.7. The first-order valence-corrected chi connectivity index (χ1v) is 13.5. The molecule has 0 aromatic heterocycles. The van der Waals surface area contributed by atoms with Gasteiger partial charge in [0.1, 0.15) is 0 Å². The van der Waals surface area contributed by atoms with Crippen molar-refractivity contribution < 1.29 is 22.0 Å². The van der Waals surface area contributed by atoms with Gasteiger partial charge in [0.25, 0.3) is 0 Å². The molecule has 5 nitrogen and oxygen atoms in total. The van der Waals surface area contributed by atoms with Crippen LogP contribution in [0.2, 0.25) is 0 Å². The predicted molar refractivity (Wildman–Crippen MR) is 117 cm³/mol. The van der Waals surface area contributed by atoms with E-state index in [1.165, 1.54) is 0 Å². The number of hydrogen-bond acceptors (Lipinski definition) is 5. The van der Waals surface area contributed by atoms with Crippen molar-refractivity contribution in [1.82, 2.24) is 0 Å². The molecule has 2 aromatic rings. The maximum Gasteiger partial charge on any atom is 0.350 e. The Bertz CT molecular complexity index is 948. The second-order valence-electron chi connectivity index (χ2n) is 7.06. The van der Waals surface area contributed by atoms with Crippen LogP contribution >= 0.6 is 7.60 Å². The zero-order valence-corrected chi connectivity index (χ0v) is 19.6. The summed E-state index contributed by atoms with van der Waals surface area (Å²) in [5, 5.41) is -0.573. The molecule has 0 heterocycles. The minimum Gasteiger partial charge on any atom is -0.308 e. The Kier molecular flexibility index (Phi) is 6.96. The first kappa shape index (κ1) is 22.6. The van der Waals surface area contributed by atoms with Crippen LogP contribution < -0.4 is 0 Å². The van der Waals surface area contributed by atoms with E-state index < -0.39 is 38.9 Å². The SMILES string of the molecule is CCOP(=O)(OCC)[C@]1(S(=O)c2ccc(C)cc2)C[C@H]1S(=O)c1ccc(C)cc1. The normalized spacial score (nSPS) is 23.5. The molecule has 0 N–H and O–H groups in total. The molecular weight excluding hydrogens is 427 g/mol. The quantitative estimate of drug-likeness (QED) is 0.501. The molecule has 4 atom stereocenters. The standard InChI is InChI=1S/C21H27O5PS2/c1-5-25-27(22,26-6-2)21(29(24)19-13-9-17(4)10-14-19)15-20(21)28(23)18-11-7-16(3)8-12-18/h7-14,20H,5-6,15H2,1-4H3/t20-,21+,28?,29?/m1/s1. The predicted octanol–water partition coefficient (Wildman–Crippen LogP) is 4.95. The summed E-state index contributed by atoms with van der Waals surface area (Å²) in [5.74, 6) is 0. The van der Waals surface area contributed by atoms with E-state index in [9.17, 15) is 13.0 Å². The Hall–Kier alpha value is -1.11. The summed E-state index contributed by atoms with van der Waals surface area (Å²) in [5.41, 5.74) is 2.10. The summed E-state index contributed by atoms with van der Waals surface area (Å²) in [6.45, 7) is 7.67. The fourth-order valence-corrected chi connectivity index (χ4v) is 11.0. The molecule has 0 spiro atoms. The highest BCUT2D eigenvalue weighted by molar-refractivity contribution is 7.98. The van der Waals surface area contributed by atoms with Gasteiger partial charge in [0, 0.05) is 9.79 Å². The molecule has 1 saturated carbocycles. The highest BCUT2D eigenvalue weighted by Gasteiger charge is 2.74. The molecule has 0 aliphatic heterocycles. The van der Waals surface area contributed by atoms with Crippen LogP contribution in [0.5, 0.6) is 0 Å². The zero-order valence-electron chi connectivity index (χ0n) is 17.1. The van der Waals surface area contributed by atoms with Crippen molar-refractivity contribution in [2.75, 3.05) is 13.2 Å². The van der Waals surface area contributed by atoms with Crippen LogP contribution in [-0.4, -0.2) is 31.4 Å². The molecule has 1 fully saturated rings. The third kappa shape index (κ3) is 4.21. The Morgan fingerprint density at radius 1 is 0.897 bits per heavy atom. The molecule has 2 aromatic carbocycles. The van der Waals surface area contributed by atoms with Gasteiger partial charge in [0.2, 0.25) is 0 Å². The maximum absolute atomic E-state index is 13.8. The average molecular weight is 455 g/mol. The fourth-order valence-electron chi connectivity index (χ4n) is 3.33. The molecular formula is C21H27O5PS2. The van der Waals surface area contributed by atoms with Gasteiger partial charge in [0.15, 0.2) is 4.49 Å². The summed E-state index contributed by atoms with van der Waals surface area (Å²) in [7, 11) is -6.96. The molecule has 1 aliphatic carbocycles. The van der Waals surface area contributed by atoms with Gasteiger partial charge in [-0.25, -0.2) is 0 Å². The lowest BCUT2D eigenvalue weighted by atomic mass is 10.2. The van der Waals surface area contributed by atoms with Gasteiger partial charge in [-0.1, -0.05) is 35.4 Å². The van der Waals surface area contributed by atoms with E-state index in [0.29, 0.717) is 9.79 Å². The Morgan fingerprint density at radius 2 is 1.34 bits per heavy atom. The zero-order chi connectivity index (χ0) is 21.2. The van der Waals surface area contributed by atoms with Gasteiger partial charge in [-0.3, -0.25) is 13.0 Å². The second kappa shape index (κ2) is 8.94. The summed E-state index contributed by atoms with van der Waals surface area (Å²) in [6.07, 6.45) is 0.255. The fraction of sp³-hybridized carbons (Fsp3) is 0.429. The van der Waals surface area contributed by atoms with Gasteiger partial charge in [-0.05, 0) is 58.4 Å². The lowest BCUT2D eigenvalue weighted by Gasteiger charge is -2.26. The van der Waals surface area contributed by atoms with Crippen molar-refractivity contribution in [3.63, 3.8) is 0 Å². The molecule has 0 bridgehead atoms. The minimum atomic E-state index is -3.78. The van der Waals surface area contributed by atoms with Crippen molar-refractivity contribution >= 4 is 29.2 Å². The van der Waals surface area contributed by atoms with E-state index in [1.807, 2.05) is 38.1 Å². The van der Waals surface area contributed by atoms with Gasteiger partial charge >= 0.3 is 7.60 Å². The first-order chi connectivity index (χ1) is 13.8. The van der Waals surface area contributed by atoms with E-state index >= 15 is 0 Å². The van der Waals surface area contributed by atoms with Gasteiger partial charge in [-0.2, -0.15) is 0 Å². The van der Waals surface area contributed by atoms with Gasteiger partial charge in [-0.15, -0.1) is 0 Å². The van der Waals surface area contributed by atoms with E-state index in [0.717, 1.165) is 11.1 Å². The highest BCUT2D eigenvalue weighted by Crippen LogP contribution is 2.75. The molecule has 8 heteroatoms. The number of aryl methyl sites for hydroxylation is 2. The number of rotatable bonds is 9. The molecule has 0 saturated heterocycles. The Balaban J connectivity index is 2.05. The van der Waals surface area contributed by atoms with Crippen molar-refractivity contribution in [1.29, 1.82) is 0 Å². The van der Waals surface area contributed by atoms with Gasteiger partial charge in [0.05, 0.1) is 40.1 Å². The summed E-state index contributed by atoms with van der Waals surface area (Å²) in [6, 6.07) is 14.6. The first-order valence-electron chi connectivity index (χ1n) is 9.64. The van der Waals surface area contributed by atoms with E-state index in [4.69, 9.17) is 9.05 Å². The van der Waals surface area contributed by atoms with Crippen LogP contribution in [0.3, 0.4) is 0 Å². The molecule has 158 valence electrons. The number of benzene rings is 2. The lowest BCUT2D eigenvalue weighted by Crippen LogP contribution is -2.27. The van der Waals surface area contributed by atoms with Crippen LogP contribution in [-0.2, 0) is 35.2 Å². The van der Waals surface area contributed by atoms with Crippen LogP contribution in [0.25, 0.3) is 0 Å². The second-order valence-corrected chi connectivity index (χ2v) is 13.0. The van der Waals surface area contributed by atoms with Crippen LogP contribution in [0.15, 0.2) is 58.3 Å². The molecule has 0 radical (unpaired) electrons. The monoisotopic (exact) mass is 454 g/mol. The smallest absolute Gasteiger partial charge is 0.308 e. The summed E-state index contributed by atoms with van der Waals surface area (Å²) in [4.78, 5) is 1.17. The molecule has 29 heavy (non-hydrogen) atoms. The maximum atomic E-state index is 13.8. The highest BCUT2D eigenvalue weighted by atomic mass is 32.2. The van der Waals surface area contributed by atoms with Crippen molar-refractivity contribution in [3.05, 3.63) is 59.7 Å². The van der Waals surface area contributed by atoms with Crippen LogP contribution in [0, 0.1) is 13.8 Å². The average Bonchev–Trinajstić information content (AvgIpc) is 3.46. The number of hydrogen-bond donors (Lipinski definition) is 0. The Labute approximate surface area is 177 Å². The Morgan fingerprint density at radius 3 is 1.79 bits per heavy atom. The lowest BCUT2D eigenvalue weighted by molar-refractivity contribution is 0.216. The van der Waals surface area contributed by atoms with Crippen molar-refractivity contribution in [2.24, 2.45) is 0 Å². The minimum absolute atomic E-state index is 0.161. The molecule has 3 rings (SSSR count). The topological polar surface area (TPSA) is 69.7 Å². The van der Waals surface area contributed by atoms with Gasteiger partial charge < -0.3 is 9.05 Å². The van der Waals surface area contributed by atoms with E-state index in [1.54, 1.807) is 38.1 Å².